The van der Waals surface area contributed by atoms with Crippen molar-refractivity contribution < 1.29 is 14.6 Å². The smallest absolute Gasteiger partial charge is 0.251 e. The quantitative estimate of drug-likeness (QED) is 0.781. The van der Waals surface area contributed by atoms with Gasteiger partial charge in [0.2, 0.25) is 0 Å². The zero-order valence-corrected chi connectivity index (χ0v) is 14.2. The highest BCUT2D eigenvalue weighted by molar-refractivity contribution is 5.94. The number of aliphatic hydroxyl groups is 1. The first-order valence-electron chi connectivity index (χ1n) is 8.19. The topological polar surface area (TPSA) is 71.5 Å². The van der Waals surface area contributed by atoms with Crippen LogP contribution in [0.2, 0.25) is 0 Å². The number of nitrogens with one attached hydrogen (secondary N) is 1. The lowest BCUT2D eigenvalue weighted by molar-refractivity contribution is 0.0942. The van der Waals surface area contributed by atoms with Crippen LogP contribution in [0.3, 0.4) is 0 Å². The molecule has 0 aliphatic rings. The number of ether oxygens (including phenoxy) is 1. The van der Waals surface area contributed by atoms with Gasteiger partial charge in [0.15, 0.2) is 0 Å². The van der Waals surface area contributed by atoms with Crippen LogP contribution in [-0.4, -0.2) is 28.6 Å². The molecule has 0 bridgehead atoms. The van der Waals surface area contributed by atoms with Crippen molar-refractivity contribution in [2.75, 3.05) is 6.54 Å². The van der Waals surface area contributed by atoms with Crippen molar-refractivity contribution in [3.63, 3.8) is 0 Å². The molecule has 0 fully saturated rings. The van der Waals surface area contributed by atoms with Crippen molar-refractivity contribution in [2.24, 2.45) is 0 Å². The van der Waals surface area contributed by atoms with E-state index in [1.807, 2.05) is 44.2 Å². The predicted octanol–water partition coefficient (Wildman–Crippen LogP) is 2.86. The van der Waals surface area contributed by atoms with Gasteiger partial charge in [-0.25, -0.2) is 0 Å². The normalized spacial score (nSPS) is 11.8. The van der Waals surface area contributed by atoms with E-state index >= 15 is 0 Å². The summed E-state index contributed by atoms with van der Waals surface area (Å²) in [6.07, 6.45) is 2.57. The maximum Gasteiger partial charge on any atom is 0.251 e. The maximum atomic E-state index is 12.1. The molecule has 2 aromatic rings. The molecule has 0 radical (unpaired) electrons. The summed E-state index contributed by atoms with van der Waals surface area (Å²) in [7, 11) is 0. The summed E-state index contributed by atoms with van der Waals surface area (Å²) in [5.74, 6) is 0.557. The first kappa shape index (κ1) is 17.9. The van der Waals surface area contributed by atoms with Gasteiger partial charge in [0.05, 0.1) is 12.3 Å². The number of benzene rings is 1. The standard InChI is InChI=1S/C19H24N2O3/c1-3-17(22)9-10-20-19(23)16-6-4-5-15(11-16)13-24-18-8-7-14(2)21-12-18/h4-8,11-12,17,22H,3,9-10,13H2,1-2H3,(H,20,23)/t17-/m0/s1. The monoisotopic (exact) mass is 328 g/mol. The van der Waals surface area contributed by atoms with E-state index in [2.05, 4.69) is 10.3 Å². The summed E-state index contributed by atoms with van der Waals surface area (Å²) in [4.78, 5) is 16.3. The molecule has 0 aliphatic heterocycles. The number of carbonyl (C=O) groups is 1. The van der Waals surface area contributed by atoms with E-state index < -0.39 is 0 Å². The maximum absolute atomic E-state index is 12.1. The van der Waals surface area contributed by atoms with E-state index in [0.717, 1.165) is 11.3 Å². The van der Waals surface area contributed by atoms with Crippen LogP contribution in [0.1, 0.15) is 41.4 Å². The number of aromatic nitrogens is 1. The predicted molar refractivity (Wildman–Crippen MR) is 93.0 cm³/mol. The van der Waals surface area contributed by atoms with Crippen LogP contribution >= 0.6 is 0 Å². The molecular weight excluding hydrogens is 304 g/mol. The molecule has 5 nitrogen and oxygen atoms in total. The van der Waals surface area contributed by atoms with Gasteiger partial charge >= 0.3 is 0 Å². The van der Waals surface area contributed by atoms with E-state index in [1.54, 1.807) is 12.3 Å². The van der Waals surface area contributed by atoms with E-state index in [9.17, 15) is 9.90 Å². The largest absolute Gasteiger partial charge is 0.487 e. The minimum atomic E-state index is -0.367. The number of hydrogen-bond acceptors (Lipinski definition) is 4. The lowest BCUT2D eigenvalue weighted by Gasteiger charge is -2.10. The Kier molecular flexibility index (Phi) is 6.75. The first-order chi connectivity index (χ1) is 11.6. The van der Waals surface area contributed by atoms with Crippen LogP contribution in [0.5, 0.6) is 5.75 Å². The fraction of sp³-hybridized carbons (Fsp3) is 0.368. The molecular formula is C19H24N2O3. The van der Waals surface area contributed by atoms with Crippen molar-refractivity contribution in [1.82, 2.24) is 10.3 Å². The van der Waals surface area contributed by atoms with Crippen LogP contribution < -0.4 is 10.1 Å². The molecule has 5 heteroatoms. The van der Waals surface area contributed by atoms with Crippen molar-refractivity contribution in [1.29, 1.82) is 0 Å². The number of amides is 1. The Hall–Kier alpha value is -2.40. The Labute approximate surface area is 142 Å². The van der Waals surface area contributed by atoms with Gasteiger partial charge in [0.25, 0.3) is 5.91 Å². The Morgan fingerprint density at radius 2 is 2.17 bits per heavy atom. The van der Waals surface area contributed by atoms with Crippen molar-refractivity contribution in [3.05, 3.63) is 59.4 Å². The first-order valence-corrected chi connectivity index (χ1v) is 8.19. The lowest BCUT2D eigenvalue weighted by atomic mass is 10.1. The summed E-state index contributed by atoms with van der Waals surface area (Å²) < 4.78 is 5.68. The number of rotatable bonds is 8. The van der Waals surface area contributed by atoms with Gasteiger partial charge in [-0.3, -0.25) is 9.78 Å². The average molecular weight is 328 g/mol. The summed E-state index contributed by atoms with van der Waals surface area (Å²) in [5, 5.41) is 12.3. The Bertz CT molecular complexity index is 656. The second kappa shape index (κ2) is 9.03. The molecule has 0 aliphatic carbocycles. The Balaban J connectivity index is 1.88. The van der Waals surface area contributed by atoms with Crippen molar-refractivity contribution in [2.45, 2.75) is 39.4 Å². The number of pyridine rings is 1. The molecule has 2 N–H and O–H groups in total. The number of nitrogens with zero attached hydrogens (tertiary/aromatic N) is 1. The molecule has 128 valence electrons. The number of aryl methyl sites for hydroxylation is 1. The van der Waals surface area contributed by atoms with Crippen LogP contribution in [0.25, 0.3) is 0 Å². The zero-order chi connectivity index (χ0) is 17.4. The second-order valence-electron chi connectivity index (χ2n) is 5.73. The number of hydrogen-bond donors (Lipinski definition) is 2. The summed E-state index contributed by atoms with van der Waals surface area (Å²) >= 11 is 0. The van der Waals surface area contributed by atoms with Gasteiger partial charge in [0, 0.05) is 17.8 Å². The molecule has 1 atom stereocenters. The SMILES string of the molecule is CC[C@H](O)CCNC(=O)c1cccc(COc2ccc(C)nc2)c1. The third-order valence-electron chi connectivity index (χ3n) is 3.71. The Morgan fingerprint density at radius 3 is 2.88 bits per heavy atom. The molecule has 0 saturated heterocycles. The van der Waals surface area contributed by atoms with Crippen molar-refractivity contribution in [3.8, 4) is 5.75 Å². The van der Waals surface area contributed by atoms with Gasteiger partial charge < -0.3 is 15.2 Å². The summed E-state index contributed by atoms with van der Waals surface area (Å²) in [5.41, 5.74) is 2.44. The van der Waals surface area contributed by atoms with Gasteiger partial charge in [-0.2, -0.15) is 0 Å². The minimum absolute atomic E-state index is 0.142. The van der Waals surface area contributed by atoms with Gasteiger partial charge in [0.1, 0.15) is 12.4 Å². The van der Waals surface area contributed by atoms with E-state index in [4.69, 9.17) is 4.74 Å². The molecule has 2 rings (SSSR count). The third kappa shape index (κ3) is 5.66. The summed E-state index contributed by atoms with van der Waals surface area (Å²) in [6.45, 7) is 4.68. The number of carbonyl (C=O) groups excluding carboxylic acids is 1. The lowest BCUT2D eigenvalue weighted by Crippen LogP contribution is -2.27. The van der Waals surface area contributed by atoms with E-state index in [1.165, 1.54) is 0 Å². The van der Waals surface area contributed by atoms with Crippen LogP contribution in [0, 0.1) is 6.92 Å². The molecule has 1 aromatic heterocycles. The second-order valence-corrected chi connectivity index (χ2v) is 5.73. The van der Waals surface area contributed by atoms with Crippen LogP contribution in [-0.2, 0) is 6.61 Å². The average Bonchev–Trinajstić information content (AvgIpc) is 2.61. The van der Waals surface area contributed by atoms with Crippen LogP contribution in [0.15, 0.2) is 42.6 Å². The van der Waals surface area contributed by atoms with Gasteiger partial charge in [-0.1, -0.05) is 19.1 Å². The summed E-state index contributed by atoms with van der Waals surface area (Å²) in [6, 6.07) is 11.1. The van der Waals surface area contributed by atoms with E-state index in [0.29, 0.717) is 37.3 Å². The van der Waals surface area contributed by atoms with Gasteiger partial charge in [-0.05, 0) is 49.6 Å². The molecule has 0 unspecified atom stereocenters. The molecule has 1 amide bonds. The van der Waals surface area contributed by atoms with E-state index in [-0.39, 0.29) is 12.0 Å². The molecule has 1 heterocycles. The fourth-order valence-corrected chi connectivity index (χ4v) is 2.17. The Morgan fingerprint density at radius 1 is 1.33 bits per heavy atom. The highest BCUT2D eigenvalue weighted by Crippen LogP contribution is 2.13. The van der Waals surface area contributed by atoms with Gasteiger partial charge in [-0.15, -0.1) is 0 Å². The van der Waals surface area contributed by atoms with Crippen LogP contribution in [0.4, 0.5) is 0 Å². The molecule has 1 aromatic carbocycles. The zero-order valence-electron chi connectivity index (χ0n) is 14.2. The van der Waals surface area contributed by atoms with Crippen molar-refractivity contribution >= 4 is 5.91 Å². The third-order valence-corrected chi connectivity index (χ3v) is 3.71. The fourth-order valence-electron chi connectivity index (χ4n) is 2.17. The molecule has 0 spiro atoms. The highest BCUT2D eigenvalue weighted by atomic mass is 16.5. The highest BCUT2D eigenvalue weighted by Gasteiger charge is 2.07. The molecule has 24 heavy (non-hydrogen) atoms. The minimum Gasteiger partial charge on any atom is -0.487 e. The molecule has 0 saturated carbocycles. The number of aliphatic hydroxyl groups excluding tert-OH is 1.